The predicted octanol–water partition coefficient (Wildman–Crippen LogP) is 1.32. The second kappa shape index (κ2) is 4.98. The molecule has 0 saturated carbocycles. The van der Waals surface area contributed by atoms with Crippen LogP contribution >= 0.6 is 0 Å². The van der Waals surface area contributed by atoms with E-state index in [1.54, 1.807) is 7.11 Å². The Kier molecular flexibility index (Phi) is 3.92. The van der Waals surface area contributed by atoms with Crippen LogP contribution in [0.15, 0.2) is 12.1 Å². The molecule has 1 aromatic carbocycles. The highest BCUT2D eigenvalue weighted by Crippen LogP contribution is 2.22. The number of ether oxygens (including phenoxy) is 1. The fourth-order valence-corrected chi connectivity index (χ4v) is 1.47. The number of nitrogens with one attached hydrogen (secondary N) is 1. The number of nitrogens with two attached hydrogens (primary N) is 1. The molecule has 0 spiro atoms. The van der Waals surface area contributed by atoms with Gasteiger partial charge in [-0.15, -0.1) is 0 Å². The lowest BCUT2D eigenvalue weighted by Gasteiger charge is -2.11. The molecular weight excluding hydrogens is 176 g/mol. The minimum atomic E-state index is 0.504. The van der Waals surface area contributed by atoms with E-state index >= 15 is 0 Å². The van der Waals surface area contributed by atoms with Crippen LogP contribution in [0.4, 0.5) is 0 Å². The normalized spacial score (nSPS) is 10.3. The topological polar surface area (TPSA) is 47.3 Å². The van der Waals surface area contributed by atoms with E-state index in [0.717, 1.165) is 17.9 Å². The smallest absolute Gasteiger partial charge is 0.122 e. The molecule has 0 bridgehead atoms. The lowest BCUT2D eigenvalue weighted by Crippen LogP contribution is -2.22. The van der Waals surface area contributed by atoms with Crippen LogP contribution in [0.25, 0.3) is 0 Å². The van der Waals surface area contributed by atoms with Crippen LogP contribution in [-0.2, 0) is 6.54 Å². The fraction of sp³-hybridized carbons (Fsp3) is 0.455. The molecule has 0 aliphatic carbocycles. The lowest BCUT2D eigenvalue weighted by molar-refractivity contribution is 0.411. The molecule has 0 aliphatic rings. The first kappa shape index (κ1) is 11.0. The molecule has 0 aliphatic heterocycles. The molecule has 1 rings (SSSR count). The van der Waals surface area contributed by atoms with Gasteiger partial charge in [-0.3, -0.25) is 0 Å². The summed E-state index contributed by atoms with van der Waals surface area (Å²) in [6, 6.07) is 4.19. The first-order valence-electron chi connectivity index (χ1n) is 4.74. The highest BCUT2D eigenvalue weighted by Gasteiger charge is 2.03. The third kappa shape index (κ3) is 2.47. The van der Waals surface area contributed by atoms with E-state index in [9.17, 15) is 0 Å². The van der Waals surface area contributed by atoms with Crippen molar-refractivity contribution >= 4 is 0 Å². The average Bonchev–Trinajstić information content (AvgIpc) is 2.18. The van der Waals surface area contributed by atoms with Crippen molar-refractivity contribution in [2.45, 2.75) is 20.4 Å². The van der Waals surface area contributed by atoms with Gasteiger partial charge in [-0.25, -0.2) is 0 Å². The second-order valence-corrected chi connectivity index (χ2v) is 3.38. The molecule has 1 aromatic rings. The van der Waals surface area contributed by atoms with Gasteiger partial charge < -0.3 is 15.8 Å². The maximum atomic E-state index is 5.38. The number of hydrogen-bond donors (Lipinski definition) is 2. The van der Waals surface area contributed by atoms with E-state index in [1.807, 2.05) is 6.92 Å². The predicted molar refractivity (Wildman–Crippen MR) is 58.4 cm³/mol. The second-order valence-electron chi connectivity index (χ2n) is 3.38. The van der Waals surface area contributed by atoms with E-state index in [1.165, 1.54) is 11.1 Å². The van der Waals surface area contributed by atoms with Crippen molar-refractivity contribution in [3.05, 3.63) is 28.8 Å². The van der Waals surface area contributed by atoms with Crippen molar-refractivity contribution in [1.29, 1.82) is 0 Å². The SMILES string of the molecule is COc1cc(C)c(CNCN)cc1C. The van der Waals surface area contributed by atoms with Gasteiger partial charge in [-0.1, -0.05) is 6.07 Å². The standard InChI is InChI=1S/C11H18N2O/c1-8-5-11(14-3)9(2)4-10(8)6-13-7-12/h4-5,13H,6-7,12H2,1-3H3. The quantitative estimate of drug-likeness (QED) is 0.711. The van der Waals surface area contributed by atoms with Gasteiger partial charge in [0.05, 0.1) is 7.11 Å². The van der Waals surface area contributed by atoms with E-state index in [0.29, 0.717) is 6.67 Å². The highest BCUT2D eigenvalue weighted by atomic mass is 16.5. The Labute approximate surface area is 85.3 Å². The Morgan fingerprint density at radius 3 is 2.57 bits per heavy atom. The molecule has 0 amide bonds. The van der Waals surface area contributed by atoms with Crippen LogP contribution in [0, 0.1) is 13.8 Å². The molecule has 0 radical (unpaired) electrons. The van der Waals surface area contributed by atoms with E-state index in [2.05, 4.69) is 24.4 Å². The summed E-state index contributed by atoms with van der Waals surface area (Å²) in [7, 11) is 1.69. The van der Waals surface area contributed by atoms with Gasteiger partial charge >= 0.3 is 0 Å². The number of benzene rings is 1. The van der Waals surface area contributed by atoms with Crippen molar-refractivity contribution in [3.63, 3.8) is 0 Å². The van der Waals surface area contributed by atoms with Gasteiger partial charge in [0.15, 0.2) is 0 Å². The van der Waals surface area contributed by atoms with E-state index < -0.39 is 0 Å². The van der Waals surface area contributed by atoms with Crippen LogP contribution in [0.5, 0.6) is 5.75 Å². The Morgan fingerprint density at radius 1 is 1.29 bits per heavy atom. The zero-order chi connectivity index (χ0) is 10.6. The van der Waals surface area contributed by atoms with Gasteiger partial charge in [0, 0.05) is 13.2 Å². The molecule has 3 heteroatoms. The third-order valence-electron chi connectivity index (χ3n) is 2.31. The van der Waals surface area contributed by atoms with E-state index in [4.69, 9.17) is 10.5 Å². The molecule has 0 saturated heterocycles. The largest absolute Gasteiger partial charge is 0.496 e. The van der Waals surface area contributed by atoms with Gasteiger partial charge in [-0.2, -0.15) is 0 Å². The minimum absolute atomic E-state index is 0.504. The minimum Gasteiger partial charge on any atom is -0.496 e. The van der Waals surface area contributed by atoms with Crippen LogP contribution < -0.4 is 15.8 Å². The van der Waals surface area contributed by atoms with Crippen molar-refractivity contribution in [1.82, 2.24) is 5.32 Å². The van der Waals surface area contributed by atoms with Crippen LogP contribution in [-0.4, -0.2) is 13.8 Å². The summed E-state index contributed by atoms with van der Waals surface area (Å²) in [5.74, 6) is 0.944. The highest BCUT2D eigenvalue weighted by molar-refractivity contribution is 5.41. The summed E-state index contributed by atoms with van der Waals surface area (Å²) >= 11 is 0. The molecule has 78 valence electrons. The molecule has 0 fully saturated rings. The monoisotopic (exact) mass is 194 g/mol. The molecule has 0 heterocycles. The van der Waals surface area contributed by atoms with Crippen molar-refractivity contribution in [3.8, 4) is 5.75 Å². The Bertz CT molecular complexity index is 310. The van der Waals surface area contributed by atoms with Crippen LogP contribution in [0.2, 0.25) is 0 Å². The Morgan fingerprint density at radius 2 is 2.00 bits per heavy atom. The Hall–Kier alpha value is -1.06. The van der Waals surface area contributed by atoms with Crippen molar-refractivity contribution < 1.29 is 4.74 Å². The molecule has 3 nitrogen and oxygen atoms in total. The van der Waals surface area contributed by atoms with Crippen molar-refractivity contribution in [2.24, 2.45) is 5.73 Å². The zero-order valence-corrected chi connectivity index (χ0v) is 9.05. The zero-order valence-electron chi connectivity index (χ0n) is 9.05. The average molecular weight is 194 g/mol. The van der Waals surface area contributed by atoms with Gasteiger partial charge in [0.1, 0.15) is 5.75 Å². The summed E-state index contributed by atoms with van der Waals surface area (Å²) in [6.07, 6.45) is 0. The molecule has 3 N–H and O–H groups in total. The summed E-state index contributed by atoms with van der Waals surface area (Å²) in [5.41, 5.74) is 9.05. The molecule has 0 atom stereocenters. The maximum absolute atomic E-state index is 5.38. The molecular formula is C11H18N2O. The lowest BCUT2D eigenvalue weighted by atomic mass is 10.0. The summed E-state index contributed by atoms with van der Waals surface area (Å²) in [5, 5.41) is 3.11. The molecule has 0 unspecified atom stereocenters. The number of methoxy groups -OCH3 is 1. The fourth-order valence-electron chi connectivity index (χ4n) is 1.47. The van der Waals surface area contributed by atoms with Crippen LogP contribution in [0.1, 0.15) is 16.7 Å². The number of rotatable bonds is 4. The maximum Gasteiger partial charge on any atom is 0.122 e. The van der Waals surface area contributed by atoms with Gasteiger partial charge in [0.2, 0.25) is 0 Å². The first-order valence-corrected chi connectivity index (χ1v) is 4.74. The van der Waals surface area contributed by atoms with Crippen molar-refractivity contribution in [2.75, 3.05) is 13.8 Å². The summed E-state index contributed by atoms with van der Waals surface area (Å²) < 4.78 is 5.24. The van der Waals surface area contributed by atoms with Gasteiger partial charge in [0.25, 0.3) is 0 Å². The van der Waals surface area contributed by atoms with E-state index in [-0.39, 0.29) is 0 Å². The molecule has 14 heavy (non-hydrogen) atoms. The number of aryl methyl sites for hydroxylation is 2. The number of hydrogen-bond acceptors (Lipinski definition) is 3. The van der Waals surface area contributed by atoms with Gasteiger partial charge in [-0.05, 0) is 36.6 Å². The Balaban J connectivity index is 2.90. The molecule has 0 aromatic heterocycles. The summed E-state index contributed by atoms with van der Waals surface area (Å²) in [4.78, 5) is 0. The third-order valence-corrected chi connectivity index (χ3v) is 2.31. The summed E-state index contributed by atoms with van der Waals surface area (Å²) in [6.45, 7) is 5.44. The van der Waals surface area contributed by atoms with Crippen LogP contribution in [0.3, 0.4) is 0 Å². The first-order chi connectivity index (χ1) is 6.69.